The Morgan fingerprint density at radius 1 is 1.15 bits per heavy atom. The Hall–Kier alpha value is -1.97. The molecule has 0 spiro atoms. The zero-order valence-corrected chi connectivity index (χ0v) is 16.1. The van der Waals surface area contributed by atoms with Crippen molar-refractivity contribution >= 4 is 34.0 Å². The number of benzene rings is 2. The lowest BCUT2D eigenvalue weighted by atomic mass is 10.1. The van der Waals surface area contributed by atoms with E-state index in [0.717, 1.165) is 0 Å². The van der Waals surface area contributed by atoms with Crippen LogP contribution < -0.4 is 15.4 Å². The third kappa shape index (κ3) is 5.50. The first-order valence-electron chi connectivity index (χ1n) is 8.27. The number of sulfonamides is 1. The van der Waals surface area contributed by atoms with Crippen LogP contribution in [-0.4, -0.2) is 44.7 Å². The summed E-state index contributed by atoms with van der Waals surface area (Å²) in [7, 11) is -3.83. The van der Waals surface area contributed by atoms with E-state index in [1.165, 1.54) is 18.2 Å². The molecular weight excluding hydrogens is 390 g/mol. The normalized spacial score (nSPS) is 19.3. The fraction of sp³-hybridized carbons (Fsp3) is 0.278. The summed E-state index contributed by atoms with van der Waals surface area (Å²) in [5.74, 6) is -0.396. The lowest BCUT2D eigenvalue weighted by Crippen LogP contribution is -2.44. The van der Waals surface area contributed by atoms with E-state index in [1.54, 1.807) is 30.3 Å². The number of nitrogens with one attached hydrogen (secondary N) is 3. The lowest BCUT2D eigenvalue weighted by molar-refractivity contribution is 0.0667. The van der Waals surface area contributed by atoms with Gasteiger partial charge in [-0.15, -0.1) is 12.4 Å². The molecule has 7 nitrogen and oxygen atoms in total. The number of hydrogen-bond acceptors (Lipinski definition) is 5. The van der Waals surface area contributed by atoms with Gasteiger partial charge in [-0.1, -0.05) is 24.3 Å². The number of para-hydroxylation sites is 1. The third-order valence-electron chi connectivity index (χ3n) is 4.25. The predicted octanol–water partition coefficient (Wildman–Crippen LogP) is 1.36. The summed E-state index contributed by atoms with van der Waals surface area (Å²) in [4.78, 5) is 12.3. The highest BCUT2D eigenvalue weighted by molar-refractivity contribution is 7.89. The topological polar surface area (TPSA) is 108 Å². The molecule has 1 amide bonds. The average molecular weight is 412 g/mol. The van der Waals surface area contributed by atoms with Crippen LogP contribution in [0.2, 0.25) is 0 Å². The summed E-state index contributed by atoms with van der Waals surface area (Å²) in [5, 5.41) is 16.0. The van der Waals surface area contributed by atoms with Crippen molar-refractivity contribution in [3.05, 3.63) is 60.2 Å². The maximum absolute atomic E-state index is 12.5. The molecule has 4 N–H and O–H groups in total. The van der Waals surface area contributed by atoms with Crippen molar-refractivity contribution in [2.24, 2.45) is 0 Å². The first kappa shape index (κ1) is 21.3. The van der Waals surface area contributed by atoms with E-state index in [9.17, 15) is 18.3 Å². The van der Waals surface area contributed by atoms with Gasteiger partial charge in [0.15, 0.2) is 0 Å². The zero-order valence-electron chi connectivity index (χ0n) is 14.5. The molecule has 1 unspecified atom stereocenters. The molecule has 1 fully saturated rings. The van der Waals surface area contributed by atoms with Crippen LogP contribution in [0.15, 0.2) is 59.5 Å². The Morgan fingerprint density at radius 2 is 1.89 bits per heavy atom. The van der Waals surface area contributed by atoms with Crippen LogP contribution in [0.3, 0.4) is 0 Å². The number of amides is 1. The minimum atomic E-state index is -3.83. The van der Waals surface area contributed by atoms with Crippen LogP contribution >= 0.6 is 12.4 Å². The molecule has 0 aromatic heterocycles. The van der Waals surface area contributed by atoms with Gasteiger partial charge in [-0.3, -0.25) is 4.79 Å². The van der Waals surface area contributed by atoms with E-state index in [2.05, 4.69) is 15.4 Å². The van der Waals surface area contributed by atoms with Gasteiger partial charge in [0.2, 0.25) is 10.0 Å². The number of halogens is 1. The average Bonchev–Trinajstić information content (AvgIpc) is 3.08. The van der Waals surface area contributed by atoms with Crippen molar-refractivity contribution < 1.29 is 18.3 Å². The van der Waals surface area contributed by atoms with Gasteiger partial charge in [0.1, 0.15) is 0 Å². The van der Waals surface area contributed by atoms with Crippen molar-refractivity contribution in [1.29, 1.82) is 0 Å². The molecule has 9 heteroatoms. The minimum absolute atomic E-state index is 0. The summed E-state index contributed by atoms with van der Waals surface area (Å²) in [6.07, 6.45) is 0.481. The summed E-state index contributed by atoms with van der Waals surface area (Å²) < 4.78 is 27.4. The lowest BCUT2D eigenvalue weighted by Gasteiger charge is -2.21. The van der Waals surface area contributed by atoms with Crippen LogP contribution in [-0.2, 0) is 10.0 Å². The molecule has 0 saturated carbocycles. The number of carbonyl (C=O) groups is 1. The van der Waals surface area contributed by atoms with Crippen molar-refractivity contribution in [2.75, 3.05) is 25.0 Å². The number of β-amino-alcohol motifs (C(OH)–C–C–N with tert-alkyl or cyclic N) is 1. The predicted molar refractivity (Wildman–Crippen MR) is 106 cm³/mol. The Labute approximate surface area is 164 Å². The first-order chi connectivity index (χ1) is 12.4. The summed E-state index contributed by atoms with van der Waals surface area (Å²) >= 11 is 0. The molecule has 146 valence electrons. The van der Waals surface area contributed by atoms with Crippen molar-refractivity contribution in [2.45, 2.75) is 16.9 Å². The van der Waals surface area contributed by atoms with Gasteiger partial charge >= 0.3 is 0 Å². The second-order valence-corrected chi connectivity index (χ2v) is 8.09. The first-order valence-corrected chi connectivity index (χ1v) is 9.76. The third-order valence-corrected chi connectivity index (χ3v) is 5.65. The minimum Gasteiger partial charge on any atom is -0.387 e. The van der Waals surface area contributed by atoms with Crippen molar-refractivity contribution in [1.82, 2.24) is 10.0 Å². The van der Waals surface area contributed by atoms with Gasteiger partial charge in [0.25, 0.3) is 5.91 Å². The van der Waals surface area contributed by atoms with E-state index in [4.69, 9.17) is 0 Å². The smallest absolute Gasteiger partial charge is 0.255 e. The molecule has 1 atom stereocenters. The molecule has 1 saturated heterocycles. The van der Waals surface area contributed by atoms with Crippen molar-refractivity contribution in [3.63, 3.8) is 0 Å². The highest BCUT2D eigenvalue weighted by atomic mass is 35.5. The number of rotatable bonds is 6. The van der Waals surface area contributed by atoms with Crippen molar-refractivity contribution in [3.8, 4) is 0 Å². The summed E-state index contributed by atoms with van der Waals surface area (Å²) in [6.45, 7) is 0.908. The van der Waals surface area contributed by atoms with Gasteiger partial charge in [-0.25, -0.2) is 13.1 Å². The Balaban J connectivity index is 0.00000261. The van der Waals surface area contributed by atoms with E-state index >= 15 is 0 Å². The molecule has 0 bridgehead atoms. The van der Waals surface area contributed by atoms with Crippen LogP contribution in [0, 0.1) is 0 Å². The van der Waals surface area contributed by atoms with Crippen LogP contribution in [0.5, 0.6) is 0 Å². The summed E-state index contributed by atoms with van der Waals surface area (Å²) in [6, 6.07) is 14.7. The molecule has 1 aliphatic rings. The molecule has 27 heavy (non-hydrogen) atoms. The molecule has 1 heterocycles. The van der Waals surface area contributed by atoms with Gasteiger partial charge in [0.05, 0.1) is 10.5 Å². The van der Waals surface area contributed by atoms with Gasteiger partial charge in [-0.05, 0) is 43.3 Å². The number of carbonyl (C=O) groups excluding carboxylic acids is 1. The Kier molecular flexibility index (Phi) is 6.96. The fourth-order valence-corrected chi connectivity index (χ4v) is 3.89. The molecule has 3 rings (SSSR count). The monoisotopic (exact) mass is 411 g/mol. The van der Waals surface area contributed by atoms with Crippen LogP contribution in [0.4, 0.5) is 5.69 Å². The fourth-order valence-electron chi connectivity index (χ4n) is 2.72. The highest BCUT2D eigenvalue weighted by Crippen LogP contribution is 2.17. The quantitative estimate of drug-likeness (QED) is 0.574. The zero-order chi connectivity index (χ0) is 18.6. The van der Waals surface area contributed by atoms with Gasteiger partial charge in [-0.2, -0.15) is 0 Å². The Bertz CT molecular complexity index is 884. The molecule has 2 aromatic carbocycles. The highest BCUT2D eigenvalue weighted by Gasteiger charge is 2.32. The standard InChI is InChI=1S/C18H21N3O4S.ClH/c22-17(21-15-6-2-1-3-7-15)14-5-4-8-16(11-14)26(24,25)20-13-18(23)9-10-19-12-18;/h1-8,11,19-20,23H,9-10,12-13H2,(H,21,22);1H. The van der Waals surface area contributed by atoms with E-state index in [-0.39, 0.29) is 29.4 Å². The largest absolute Gasteiger partial charge is 0.387 e. The van der Waals surface area contributed by atoms with Crippen LogP contribution in [0.1, 0.15) is 16.8 Å². The molecule has 2 aromatic rings. The summed E-state index contributed by atoms with van der Waals surface area (Å²) in [5.41, 5.74) is -0.229. The molecule has 1 aliphatic heterocycles. The van der Waals surface area contributed by atoms with Crippen LogP contribution in [0.25, 0.3) is 0 Å². The number of hydrogen-bond donors (Lipinski definition) is 4. The second kappa shape index (κ2) is 8.81. The maximum atomic E-state index is 12.5. The van der Waals surface area contributed by atoms with Gasteiger partial charge in [0, 0.05) is 24.3 Å². The second-order valence-electron chi connectivity index (χ2n) is 6.32. The molecular formula is C18H22ClN3O4S. The van der Waals surface area contributed by atoms with E-state index in [0.29, 0.717) is 25.2 Å². The number of aliphatic hydroxyl groups is 1. The van der Waals surface area contributed by atoms with E-state index < -0.39 is 21.5 Å². The SMILES string of the molecule is Cl.O=C(Nc1ccccc1)c1cccc(S(=O)(=O)NCC2(O)CCNC2)c1. The van der Waals surface area contributed by atoms with Gasteiger partial charge < -0.3 is 15.7 Å². The molecule has 0 aliphatic carbocycles. The molecule has 0 radical (unpaired) electrons. The number of anilines is 1. The van der Waals surface area contributed by atoms with E-state index in [1.807, 2.05) is 6.07 Å². The maximum Gasteiger partial charge on any atom is 0.255 e. The Morgan fingerprint density at radius 3 is 2.56 bits per heavy atom.